The highest BCUT2D eigenvalue weighted by Crippen LogP contribution is 2.09. The molecule has 1 N–H and O–H groups in total. The van der Waals surface area contributed by atoms with Gasteiger partial charge in [0.25, 0.3) is 0 Å². The zero-order valence-electron chi connectivity index (χ0n) is 15.2. The first-order valence-electron chi connectivity index (χ1n) is 8.65. The van der Waals surface area contributed by atoms with Crippen LogP contribution in [0.2, 0.25) is 0 Å². The van der Waals surface area contributed by atoms with E-state index >= 15 is 0 Å². The monoisotopic (exact) mass is 332 g/mol. The fourth-order valence-electron chi connectivity index (χ4n) is 2.47. The molecule has 3 nitrogen and oxygen atoms in total. The van der Waals surface area contributed by atoms with Gasteiger partial charge in [0.05, 0.1) is 27.2 Å². The van der Waals surface area contributed by atoms with E-state index in [9.17, 15) is 4.79 Å². The molecule has 4 heteroatoms. The van der Waals surface area contributed by atoms with Crippen molar-refractivity contribution >= 4 is 5.91 Å². The maximum Gasteiger partial charge on any atom is 0.246 e. The van der Waals surface area contributed by atoms with E-state index < -0.39 is 0 Å². The number of rotatable bonds is 13. The van der Waals surface area contributed by atoms with Gasteiger partial charge in [-0.1, -0.05) is 45.6 Å². The van der Waals surface area contributed by atoms with E-state index in [1.807, 2.05) is 0 Å². The topological polar surface area (TPSA) is 29.1 Å². The van der Waals surface area contributed by atoms with E-state index in [4.69, 9.17) is 0 Å². The Hall–Kier alpha value is -0.540. The molecule has 132 valence electrons. The number of quaternary nitrogens is 1. The van der Waals surface area contributed by atoms with Gasteiger partial charge in [-0.2, -0.15) is 0 Å². The molecule has 0 spiro atoms. The Kier molecular flexibility index (Phi) is 15.2. The highest BCUT2D eigenvalue weighted by molar-refractivity contribution is 5.91. The third-order valence-corrected chi connectivity index (χ3v) is 3.98. The maximum atomic E-state index is 11.4. The Morgan fingerprint density at radius 1 is 0.955 bits per heavy atom. The number of amides is 1. The standard InChI is InChI=1S/C18H36N2O.ClH/c1-6-7-8-9-10-11-12-15-20(4,5)16-13-14-19-18(21)17(2)3;/h2,6-16H2,1,3-5H3;1H. The summed E-state index contributed by atoms with van der Waals surface area (Å²) in [6.45, 7) is 10.8. The molecule has 0 aromatic heterocycles. The molecule has 0 bridgehead atoms. The molecule has 22 heavy (non-hydrogen) atoms. The quantitative estimate of drug-likeness (QED) is 0.303. The Labute approximate surface area is 144 Å². The van der Waals surface area contributed by atoms with Crippen LogP contribution in [-0.4, -0.2) is 44.1 Å². The average molecular weight is 333 g/mol. The smallest absolute Gasteiger partial charge is 0.246 e. The largest absolute Gasteiger partial charge is 1.00 e. The second kappa shape index (κ2) is 14.1. The molecule has 0 aliphatic carbocycles. The van der Waals surface area contributed by atoms with Crippen molar-refractivity contribution in [3.8, 4) is 0 Å². The molecule has 0 aromatic rings. The first-order valence-corrected chi connectivity index (χ1v) is 8.65. The maximum absolute atomic E-state index is 11.4. The second-order valence-corrected chi connectivity index (χ2v) is 6.89. The molecule has 0 aromatic carbocycles. The summed E-state index contributed by atoms with van der Waals surface area (Å²) < 4.78 is 1.05. The molecule has 0 radical (unpaired) electrons. The van der Waals surface area contributed by atoms with Gasteiger partial charge in [-0.15, -0.1) is 0 Å². The van der Waals surface area contributed by atoms with Crippen LogP contribution < -0.4 is 17.7 Å². The molecule has 0 rings (SSSR count). The van der Waals surface area contributed by atoms with Crippen LogP contribution in [0.1, 0.15) is 65.2 Å². The molecule has 0 atom stereocenters. The zero-order valence-corrected chi connectivity index (χ0v) is 16.0. The normalized spacial score (nSPS) is 10.9. The zero-order chi connectivity index (χ0) is 16.1. The SMILES string of the molecule is C=C(C)C(=O)NCCC[N+](C)(C)CCCCCCCCC.[Cl-]. The predicted octanol–water partition coefficient (Wildman–Crippen LogP) is 0.900. The Morgan fingerprint density at radius 3 is 2.00 bits per heavy atom. The summed E-state index contributed by atoms with van der Waals surface area (Å²) in [6, 6.07) is 0. The fourth-order valence-corrected chi connectivity index (χ4v) is 2.47. The third kappa shape index (κ3) is 14.4. The summed E-state index contributed by atoms with van der Waals surface area (Å²) in [7, 11) is 4.58. The highest BCUT2D eigenvalue weighted by Gasteiger charge is 2.13. The molecular formula is C18H37ClN2O. The van der Waals surface area contributed by atoms with Crippen LogP contribution in [-0.2, 0) is 4.79 Å². The van der Waals surface area contributed by atoms with Crippen LogP contribution in [0.3, 0.4) is 0 Å². The van der Waals surface area contributed by atoms with Gasteiger partial charge in [0.2, 0.25) is 5.91 Å². The van der Waals surface area contributed by atoms with E-state index in [1.165, 1.54) is 51.5 Å². The lowest BCUT2D eigenvalue weighted by molar-refractivity contribution is -0.890. The van der Waals surface area contributed by atoms with Gasteiger partial charge < -0.3 is 22.2 Å². The van der Waals surface area contributed by atoms with E-state index in [0.29, 0.717) is 5.57 Å². The fraction of sp³-hybridized carbons (Fsp3) is 0.833. The van der Waals surface area contributed by atoms with Crippen LogP contribution in [0.25, 0.3) is 0 Å². The second-order valence-electron chi connectivity index (χ2n) is 6.89. The van der Waals surface area contributed by atoms with Crippen molar-refractivity contribution in [3.05, 3.63) is 12.2 Å². The van der Waals surface area contributed by atoms with Gasteiger partial charge in [0, 0.05) is 18.5 Å². The van der Waals surface area contributed by atoms with Crippen LogP contribution in [0.4, 0.5) is 0 Å². The summed E-state index contributed by atoms with van der Waals surface area (Å²) >= 11 is 0. The van der Waals surface area contributed by atoms with Crippen molar-refractivity contribution in [3.63, 3.8) is 0 Å². The number of unbranched alkanes of at least 4 members (excludes halogenated alkanes) is 6. The van der Waals surface area contributed by atoms with Gasteiger partial charge in [0.1, 0.15) is 0 Å². The number of carbonyl (C=O) groups excluding carboxylic acids is 1. The lowest BCUT2D eigenvalue weighted by Crippen LogP contribution is -3.00. The van der Waals surface area contributed by atoms with Gasteiger partial charge in [-0.3, -0.25) is 4.79 Å². The van der Waals surface area contributed by atoms with Crippen molar-refractivity contribution in [2.75, 3.05) is 33.7 Å². The lowest BCUT2D eigenvalue weighted by atomic mass is 10.1. The number of nitrogens with zero attached hydrogens (tertiary/aromatic N) is 1. The molecule has 0 saturated heterocycles. The first-order chi connectivity index (χ1) is 9.89. The molecule has 1 amide bonds. The average Bonchev–Trinajstić information content (AvgIpc) is 2.42. The number of nitrogens with one attached hydrogen (secondary N) is 1. The molecule has 0 aliphatic heterocycles. The van der Waals surface area contributed by atoms with Crippen LogP contribution in [0.15, 0.2) is 12.2 Å². The molecule has 0 heterocycles. The van der Waals surface area contributed by atoms with E-state index in [0.717, 1.165) is 24.0 Å². The number of carbonyl (C=O) groups is 1. The van der Waals surface area contributed by atoms with E-state index in [1.54, 1.807) is 6.92 Å². The minimum atomic E-state index is -0.0209. The molecule has 0 fully saturated rings. The minimum Gasteiger partial charge on any atom is -1.00 e. The van der Waals surface area contributed by atoms with Gasteiger partial charge in [0.15, 0.2) is 0 Å². The van der Waals surface area contributed by atoms with Crippen molar-refractivity contribution in [1.29, 1.82) is 0 Å². The lowest BCUT2D eigenvalue weighted by Gasteiger charge is -2.30. The van der Waals surface area contributed by atoms with Gasteiger partial charge in [-0.25, -0.2) is 0 Å². The number of halogens is 1. The number of hydrogen-bond donors (Lipinski definition) is 1. The molecule has 0 saturated carbocycles. The summed E-state index contributed by atoms with van der Waals surface area (Å²) in [5.41, 5.74) is 0.590. The van der Waals surface area contributed by atoms with Crippen molar-refractivity contribution in [2.45, 2.75) is 65.2 Å². The molecule has 0 unspecified atom stereocenters. The Balaban J connectivity index is 0. The van der Waals surface area contributed by atoms with Crippen molar-refractivity contribution in [2.24, 2.45) is 0 Å². The number of hydrogen-bond acceptors (Lipinski definition) is 1. The van der Waals surface area contributed by atoms with Crippen LogP contribution in [0, 0.1) is 0 Å². The minimum absolute atomic E-state index is 0. The first kappa shape index (κ1) is 23.7. The van der Waals surface area contributed by atoms with Gasteiger partial charge >= 0.3 is 0 Å². The summed E-state index contributed by atoms with van der Waals surface area (Å²) in [5, 5.41) is 2.90. The summed E-state index contributed by atoms with van der Waals surface area (Å²) in [6.07, 6.45) is 10.6. The van der Waals surface area contributed by atoms with Crippen LogP contribution in [0.5, 0.6) is 0 Å². The van der Waals surface area contributed by atoms with Crippen molar-refractivity contribution < 1.29 is 21.7 Å². The summed E-state index contributed by atoms with van der Waals surface area (Å²) in [5.74, 6) is -0.0209. The Bertz CT molecular complexity index is 303. The van der Waals surface area contributed by atoms with E-state index in [-0.39, 0.29) is 18.3 Å². The van der Waals surface area contributed by atoms with Crippen LogP contribution >= 0.6 is 0 Å². The molecule has 0 aliphatic rings. The predicted molar refractivity (Wildman–Crippen MR) is 92.3 cm³/mol. The third-order valence-electron chi connectivity index (χ3n) is 3.98. The highest BCUT2D eigenvalue weighted by atomic mass is 35.5. The van der Waals surface area contributed by atoms with Crippen molar-refractivity contribution in [1.82, 2.24) is 5.32 Å². The van der Waals surface area contributed by atoms with Gasteiger partial charge in [-0.05, 0) is 19.8 Å². The molecular weight excluding hydrogens is 296 g/mol. The summed E-state index contributed by atoms with van der Waals surface area (Å²) in [4.78, 5) is 11.4. The van der Waals surface area contributed by atoms with E-state index in [2.05, 4.69) is 32.9 Å². The Morgan fingerprint density at radius 2 is 1.45 bits per heavy atom.